The lowest BCUT2D eigenvalue weighted by molar-refractivity contribution is -0.133. The first-order valence-electron chi connectivity index (χ1n) is 3.38. The maximum absolute atomic E-state index is 10.8. The highest BCUT2D eigenvalue weighted by Crippen LogP contribution is 2.30. The summed E-state index contributed by atoms with van der Waals surface area (Å²) in [5.74, 6) is -0.826. The number of alkyl halides is 3. The van der Waals surface area contributed by atoms with Crippen LogP contribution in [0.4, 0.5) is 0 Å². The van der Waals surface area contributed by atoms with Crippen LogP contribution >= 0.6 is 34.8 Å². The molecule has 0 N–H and O–H groups in total. The maximum Gasteiger partial charge on any atom is 0.353 e. The minimum atomic E-state index is -1.42. The van der Waals surface area contributed by atoms with Gasteiger partial charge in [0.25, 0.3) is 0 Å². The Morgan fingerprint density at radius 1 is 1.57 bits per heavy atom. The van der Waals surface area contributed by atoms with E-state index < -0.39 is 9.76 Å². The molecule has 0 aliphatic heterocycles. The number of ether oxygens (including phenoxy) is 1. The number of halogens is 3. The van der Waals surface area contributed by atoms with Gasteiger partial charge >= 0.3 is 5.97 Å². The molecule has 0 aromatic rings. The molecule has 0 saturated heterocycles. The molecule has 0 aliphatic rings. The molecule has 0 aromatic heterocycles. The van der Waals surface area contributed by atoms with Crippen molar-refractivity contribution in [3.63, 3.8) is 0 Å². The van der Waals surface area contributed by atoms with Crippen molar-refractivity contribution in [1.82, 2.24) is 0 Å². The molecule has 3 nitrogen and oxygen atoms in total. The summed E-state index contributed by atoms with van der Waals surface area (Å²) in [4.78, 5) is 10.8. The first-order valence-corrected chi connectivity index (χ1v) is 4.52. The molecule has 6 heteroatoms. The van der Waals surface area contributed by atoms with Gasteiger partial charge in [-0.25, -0.2) is 4.79 Å². The minimum absolute atomic E-state index is 0.101. The Balaban J connectivity index is 3.91. The molecule has 0 amide bonds. The third kappa shape index (κ3) is 6.79. The van der Waals surface area contributed by atoms with Gasteiger partial charge in [-0.15, -0.1) is 0 Å². The van der Waals surface area contributed by atoms with Gasteiger partial charge in [0.1, 0.15) is 11.6 Å². The zero-order chi connectivity index (χ0) is 11.2. The third-order valence-corrected chi connectivity index (χ3v) is 1.46. The number of nitriles is 1. The van der Waals surface area contributed by atoms with E-state index in [0.29, 0.717) is 0 Å². The molecule has 0 aromatic carbocycles. The lowest BCUT2D eigenvalue weighted by atomic mass is 10.3. The molecule has 0 radical (unpaired) electrons. The van der Waals surface area contributed by atoms with Crippen molar-refractivity contribution in [3.8, 4) is 6.07 Å². The van der Waals surface area contributed by atoms with Gasteiger partial charge < -0.3 is 4.74 Å². The SMILES string of the molecule is C=C(C#N)C(=O)OC=CCC(Cl)(Cl)Cl. The molecule has 0 saturated carbocycles. The van der Waals surface area contributed by atoms with Crippen LogP contribution in [0.1, 0.15) is 6.42 Å². The predicted molar refractivity (Wildman–Crippen MR) is 54.9 cm³/mol. The van der Waals surface area contributed by atoms with Gasteiger partial charge in [0.15, 0.2) is 3.79 Å². The van der Waals surface area contributed by atoms with Crippen LogP contribution in [0.25, 0.3) is 0 Å². The number of carbonyl (C=O) groups excluding carboxylic acids is 1. The molecular weight excluding hydrogens is 248 g/mol. The predicted octanol–water partition coefficient (Wildman–Crippen LogP) is 2.88. The van der Waals surface area contributed by atoms with Crippen LogP contribution in [-0.2, 0) is 9.53 Å². The molecule has 14 heavy (non-hydrogen) atoms. The van der Waals surface area contributed by atoms with Crippen molar-refractivity contribution in [2.24, 2.45) is 0 Å². The largest absolute Gasteiger partial charge is 0.431 e. The molecule has 0 heterocycles. The highest BCUT2D eigenvalue weighted by atomic mass is 35.6. The summed E-state index contributed by atoms with van der Waals surface area (Å²) in [6.07, 6.45) is 2.51. The standard InChI is InChI=1S/C8H6Cl3NO2/c1-6(5-12)7(13)14-4-2-3-8(9,10)11/h2,4H,1,3H2. The van der Waals surface area contributed by atoms with Crippen LogP contribution in [-0.4, -0.2) is 9.76 Å². The van der Waals surface area contributed by atoms with Crippen molar-refractivity contribution in [2.75, 3.05) is 0 Å². The average Bonchev–Trinajstić information content (AvgIpc) is 2.09. The molecule has 0 aliphatic carbocycles. The van der Waals surface area contributed by atoms with E-state index in [-0.39, 0.29) is 12.0 Å². The number of carbonyl (C=O) groups is 1. The number of rotatable bonds is 3. The third-order valence-electron chi connectivity index (χ3n) is 1.00. The Morgan fingerprint density at radius 3 is 2.57 bits per heavy atom. The number of hydrogen-bond acceptors (Lipinski definition) is 3. The molecule has 0 unspecified atom stereocenters. The van der Waals surface area contributed by atoms with Crippen LogP contribution in [0.5, 0.6) is 0 Å². The Labute approximate surface area is 96.5 Å². The number of nitrogens with zero attached hydrogens (tertiary/aromatic N) is 1. The van der Waals surface area contributed by atoms with Crippen molar-refractivity contribution in [1.29, 1.82) is 5.26 Å². The van der Waals surface area contributed by atoms with E-state index >= 15 is 0 Å². The van der Waals surface area contributed by atoms with Gasteiger partial charge in [0.2, 0.25) is 0 Å². The monoisotopic (exact) mass is 253 g/mol. The second kappa shape index (κ2) is 5.92. The molecule has 76 valence electrons. The number of hydrogen-bond donors (Lipinski definition) is 0. The lowest BCUT2D eigenvalue weighted by Crippen LogP contribution is -2.02. The zero-order valence-corrected chi connectivity index (χ0v) is 9.23. The van der Waals surface area contributed by atoms with E-state index in [1.807, 2.05) is 0 Å². The topological polar surface area (TPSA) is 50.1 Å². The van der Waals surface area contributed by atoms with Gasteiger partial charge in [-0.1, -0.05) is 41.4 Å². The van der Waals surface area contributed by atoms with E-state index in [4.69, 9.17) is 40.1 Å². The van der Waals surface area contributed by atoms with E-state index in [0.717, 1.165) is 6.26 Å². The first kappa shape index (κ1) is 13.3. The van der Waals surface area contributed by atoms with Crippen LogP contribution in [0.3, 0.4) is 0 Å². The van der Waals surface area contributed by atoms with Crippen LogP contribution in [0.15, 0.2) is 24.5 Å². The quantitative estimate of drug-likeness (QED) is 0.256. The molecule has 0 rings (SSSR count). The lowest BCUT2D eigenvalue weighted by Gasteiger charge is -2.05. The summed E-state index contributed by atoms with van der Waals surface area (Å²) in [6.45, 7) is 3.15. The van der Waals surface area contributed by atoms with Crippen LogP contribution < -0.4 is 0 Å². The molecule has 0 spiro atoms. The van der Waals surface area contributed by atoms with Crippen molar-refractivity contribution in [2.45, 2.75) is 10.2 Å². The average molecular weight is 254 g/mol. The van der Waals surface area contributed by atoms with Crippen LogP contribution in [0, 0.1) is 11.3 Å². The summed E-state index contributed by atoms with van der Waals surface area (Å²) in [5, 5.41) is 8.25. The van der Waals surface area contributed by atoms with Crippen molar-refractivity contribution in [3.05, 3.63) is 24.5 Å². The van der Waals surface area contributed by atoms with Gasteiger partial charge in [-0.05, 0) is 6.08 Å². The molecule has 0 fully saturated rings. The molecule has 0 atom stereocenters. The highest BCUT2D eigenvalue weighted by molar-refractivity contribution is 6.67. The van der Waals surface area contributed by atoms with Gasteiger partial charge in [-0.2, -0.15) is 5.26 Å². The van der Waals surface area contributed by atoms with E-state index in [2.05, 4.69) is 11.3 Å². The summed E-state index contributed by atoms with van der Waals surface area (Å²) in [5.41, 5.74) is -0.288. The summed E-state index contributed by atoms with van der Waals surface area (Å²) >= 11 is 16.2. The Kier molecular flexibility index (Phi) is 5.63. The number of esters is 1. The number of allylic oxidation sites excluding steroid dienone is 1. The summed E-state index contributed by atoms with van der Waals surface area (Å²) < 4.78 is 3.05. The fourth-order valence-corrected chi connectivity index (χ4v) is 0.676. The van der Waals surface area contributed by atoms with E-state index in [9.17, 15) is 4.79 Å². The second-order valence-electron chi connectivity index (χ2n) is 2.19. The fourth-order valence-electron chi connectivity index (χ4n) is 0.408. The van der Waals surface area contributed by atoms with Crippen molar-refractivity contribution < 1.29 is 9.53 Å². The minimum Gasteiger partial charge on any atom is -0.431 e. The zero-order valence-electron chi connectivity index (χ0n) is 6.97. The molecule has 0 bridgehead atoms. The second-order valence-corrected chi connectivity index (χ2v) is 4.70. The Hall–Kier alpha value is -0.690. The summed E-state index contributed by atoms with van der Waals surface area (Å²) in [6, 6.07) is 1.54. The summed E-state index contributed by atoms with van der Waals surface area (Å²) in [7, 11) is 0. The van der Waals surface area contributed by atoms with E-state index in [1.54, 1.807) is 6.07 Å². The Morgan fingerprint density at radius 2 is 2.14 bits per heavy atom. The fraction of sp³-hybridized carbons (Fsp3) is 0.250. The van der Waals surface area contributed by atoms with E-state index in [1.165, 1.54) is 6.08 Å². The Bertz CT molecular complexity index is 299. The normalized spacial score (nSPS) is 11.0. The maximum atomic E-state index is 10.8. The van der Waals surface area contributed by atoms with Gasteiger partial charge in [-0.3, -0.25) is 0 Å². The van der Waals surface area contributed by atoms with Crippen molar-refractivity contribution >= 4 is 40.8 Å². The highest BCUT2D eigenvalue weighted by Gasteiger charge is 2.16. The first-order chi connectivity index (χ1) is 6.37. The molecular formula is C8H6Cl3NO2. The van der Waals surface area contributed by atoms with Crippen LogP contribution in [0.2, 0.25) is 0 Å². The van der Waals surface area contributed by atoms with Gasteiger partial charge in [0.05, 0.1) is 6.26 Å². The smallest absolute Gasteiger partial charge is 0.353 e. The van der Waals surface area contributed by atoms with Gasteiger partial charge in [0, 0.05) is 6.42 Å².